The standard InChI is InChI=1S/C14H11N3O2S/c1-8-3-5-10(6-4-8)7-11-13(19)17-14(20-11)15-12(18)9(2)16-17/h3-7H,1-2H3. The van der Waals surface area contributed by atoms with Crippen molar-refractivity contribution in [2.45, 2.75) is 13.8 Å². The van der Waals surface area contributed by atoms with Crippen molar-refractivity contribution in [1.29, 1.82) is 0 Å². The van der Waals surface area contributed by atoms with Crippen LogP contribution in [0.3, 0.4) is 0 Å². The summed E-state index contributed by atoms with van der Waals surface area (Å²) < 4.78 is 1.69. The Hall–Kier alpha value is -2.34. The van der Waals surface area contributed by atoms with E-state index in [1.54, 1.807) is 13.0 Å². The first kappa shape index (κ1) is 12.7. The average molecular weight is 285 g/mol. The predicted octanol–water partition coefficient (Wildman–Crippen LogP) is 0.676. The van der Waals surface area contributed by atoms with E-state index in [0.29, 0.717) is 9.49 Å². The number of aromatic nitrogens is 3. The molecule has 0 radical (unpaired) electrons. The van der Waals surface area contributed by atoms with Crippen LogP contribution < -0.4 is 15.7 Å². The van der Waals surface area contributed by atoms with E-state index >= 15 is 0 Å². The van der Waals surface area contributed by atoms with Gasteiger partial charge in [-0.05, 0) is 25.5 Å². The number of hydrogen-bond donors (Lipinski definition) is 0. The molecule has 0 saturated heterocycles. The molecule has 2 aromatic heterocycles. The monoisotopic (exact) mass is 285 g/mol. The fraction of sp³-hybridized carbons (Fsp3) is 0.143. The maximum absolute atomic E-state index is 12.2. The Balaban J connectivity index is 2.27. The molecule has 0 aliphatic carbocycles. The molecule has 20 heavy (non-hydrogen) atoms. The minimum atomic E-state index is -0.395. The summed E-state index contributed by atoms with van der Waals surface area (Å²) in [4.78, 5) is 27.8. The summed E-state index contributed by atoms with van der Waals surface area (Å²) in [6, 6.07) is 7.84. The van der Waals surface area contributed by atoms with Crippen LogP contribution in [0.4, 0.5) is 0 Å². The fourth-order valence-corrected chi connectivity index (χ4v) is 2.70. The Labute approximate surface area is 117 Å². The predicted molar refractivity (Wildman–Crippen MR) is 78.1 cm³/mol. The third-order valence-electron chi connectivity index (χ3n) is 2.92. The molecule has 6 heteroatoms. The molecule has 0 N–H and O–H groups in total. The summed E-state index contributed by atoms with van der Waals surface area (Å²) >= 11 is 1.17. The van der Waals surface area contributed by atoms with Gasteiger partial charge in [0.05, 0.1) is 4.53 Å². The zero-order chi connectivity index (χ0) is 14.3. The zero-order valence-corrected chi connectivity index (χ0v) is 11.8. The lowest BCUT2D eigenvalue weighted by Crippen LogP contribution is -2.27. The van der Waals surface area contributed by atoms with Crippen molar-refractivity contribution < 1.29 is 0 Å². The Morgan fingerprint density at radius 3 is 2.55 bits per heavy atom. The molecule has 0 saturated carbocycles. The van der Waals surface area contributed by atoms with Crippen molar-refractivity contribution in [1.82, 2.24) is 14.6 Å². The van der Waals surface area contributed by atoms with E-state index in [0.717, 1.165) is 11.1 Å². The van der Waals surface area contributed by atoms with Gasteiger partial charge in [-0.2, -0.15) is 14.6 Å². The lowest BCUT2D eigenvalue weighted by Gasteiger charge is -1.92. The second-order valence-corrected chi connectivity index (χ2v) is 5.53. The van der Waals surface area contributed by atoms with Gasteiger partial charge in [0.15, 0.2) is 0 Å². The number of nitrogens with zero attached hydrogens (tertiary/aromatic N) is 3. The largest absolute Gasteiger partial charge is 0.295 e. The smallest absolute Gasteiger partial charge is 0.266 e. The average Bonchev–Trinajstić information content (AvgIpc) is 2.70. The number of fused-ring (bicyclic) bond motifs is 1. The molecule has 0 bridgehead atoms. The highest BCUT2D eigenvalue weighted by Crippen LogP contribution is 2.04. The fourth-order valence-electron chi connectivity index (χ4n) is 1.80. The molecule has 100 valence electrons. The van der Waals surface area contributed by atoms with Crippen LogP contribution in [-0.4, -0.2) is 14.6 Å². The third kappa shape index (κ3) is 2.14. The molecule has 2 heterocycles. The van der Waals surface area contributed by atoms with Gasteiger partial charge in [0, 0.05) is 0 Å². The summed E-state index contributed by atoms with van der Waals surface area (Å²) in [5, 5.41) is 3.97. The molecular formula is C14H11N3O2S. The Bertz CT molecular complexity index is 955. The Kier molecular flexibility index (Phi) is 2.94. The van der Waals surface area contributed by atoms with Crippen LogP contribution in [-0.2, 0) is 0 Å². The first-order valence-electron chi connectivity index (χ1n) is 6.03. The minimum absolute atomic E-state index is 0.222. The van der Waals surface area contributed by atoms with Crippen molar-refractivity contribution in [3.63, 3.8) is 0 Å². The van der Waals surface area contributed by atoms with Crippen LogP contribution in [0.5, 0.6) is 0 Å². The normalized spacial score (nSPS) is 12.2. The lowest BCUT2D eigenvalue weighted by molar-refractivity contribution is 0.833. The summed E-state index contributed by atoms with van der Waals surface area (Å²) in [5.74, 6) is 0. The molecule has 1 aromatic carbocycles. The van der Waals surface area contributed by atoms with Gasteiger partial charge in [-0.1, -0.05) is 41.2 Å². The summed E-state index contributed by atoms with van der Waals surface area (Å²) in [5.41, 5.74) is 1.66. The number of rotatable bonds is 1. The molecule has 5 nitrogen and oxygen atoms in total. The van der Waals surface area contributed by atoms with Gasteiger partial charge in [0.1, 0.15) is 5.69 Å². The third-order valence-corrected chi connectivity index (χ3v) is 3.88. The topological polar surface area (TPSA) is 64.3 Å². The highest BCUT2D eigenvalue weighted by atomic mass is 32.1. The lowest BCUT2D eigenvalue weighted by atomic mass is 10.1. The SMILES string of the molecule is Cc1ccc(C=c2sc3nc(=O)c(C)nn3c2=O)cc1. The molecule has 0 spiro atoms. The van der Waals surface area contributed by atoms with Crippen LogP contribution in [0.2, 0.25) is 0 Å². The minimum Gasteiger partial charge on any atom is -0.266 e. The highest BCUT2D eigenvalue weighted by molar-refractivity contribution is 7.15. The van der Waals surface area contributed by atoms with Crippen LogP contribution >= 0.6 is 11.3 Å². The second-order valence-electron chi connectivity index (χ2n) is 4.52. The van der Waals surface area contributed by atoms with Crippen molar-refractivity contribution >= 4 is 22.4 Å². The molecule has 0 aliphatic rings. The molecular weight excluding hydrogens is 274 g/mol. The van der Waals surface area contributed by atoms with Crippen LogP contribution in [0.1, 0.15) is 16.8 Å². The summed E-state index contributed by atoms with van der Waals surface area (Å²) in [7, 11) is 0. The highest BCUT2D eigenvalue weighted by Gasteiger charge is 2.07. The van der Waals surface area contributed by atoms with Crippen molar-refractivity contribution in [3.05, 3.63) is 66.3 Å². The Morgan fingerprint density at radius 2 is 1.85 bits per heavy atom. The van der Waals surface area contributed by atoms with Crippen molar-refractivity contribution in [3.8, 4) is 0 Å². The van der Waals surface area contributed by atoms with Crippen molar-refractivity contribution in [2.75, 3.05) is 0 Å². The number of aryl methyl sites for hydroxylation is 2. The number of benzene rings is 1. The van der Waals surface area contributed by atoms with Crippen LogP contribution in [0, 0.1) is 13.8 Å². The van der Waals surface area contributed by atoms with Gasteiger partial charge in [0.25, 0.3) is 11.1 Å². The van der Waals surface area contributed by atoms with Gasteiger partial charge in [-0.25, -0.2) is 0 Å². The molecule has 0 atom stereocenters. The van der Waals surface area contributed by atoms with Crippen molar-refractivity contribution in [2.24, 2.45) is 0 Å². The number of hydrogen-bond acceptors (Lipinski definition) is 5. The second kappa shape index (κ2) is 4.64. The van der Waals surface area contributed by atoms with E-state index in [1.807, 2.05) is 31.2 Å². The molecule has 3 aromatic rings. The summed E-state index contributed by atoms with van der Waals surface area (Å²) in [6.07, 6.45) is 1.78. The van der Waals surface area contributed by atoms with E-state index in [4.69, 9.17) is 0 Å². The van der Waals surface area contributed by atoms with Crippen LogP contribution in [0.15, 0.2) is 33.9 Å². The van der Waals surface area contributed by atoms with Gasteiger partial charge >= 0.3 is 0 Å². The Morgan fingerprint density at radius 1 is 1.15 bits per heavy atom. The van der Waals surface area contributed by atoms with E-state index in [1.165, 1.54) is 15.9 Å². The van der Waals surface area contributed by atoms with Gasteiger partial charge in [0.2, 0.25) is 4.96 Å². The quantitative estimate of drug-likeness (QED) is 0.659. The molecule has 0 fully saturated rings. The van der Waals surface area contributed by atoms with E-state index in [-0.39, 0.29) is 11.3 Å². The number of thiazole rings is 1. The molecule has 0 amide bonds. The van der Waals surface area contributed by atoms with E-state index in [9.17, 15) is 9.59 Å². The van der Waals surface area contributed by atoms with Crippen LogP contribution in [0.25, 0.3) is 11.0 Å². The first-order chi connectivity index (χ1) is 9.54. The summed E-state index contributed by atoms with van der Waals surface area (Å²) in [6.45, 7) is 3.55. The maximum Gasteiger partial charge on any atom is 0.295 e. The molecule has 0 aliphatic heterocycles. The zero-order valence-electron chi connectivity index (χ0n) is 11.0. The molecule has 3 rings (SSSR count). The van der Waals surface area contributed by atoms with E-state index in [2.05, 4.69) is 10.1 Å². The van der Waals surface area contributed by atoms with Gasteiger partial charge in [-0.15, -0.1) is 0 Å². The van der Waals surface area contributed by atoms with E-state index < -0.39 is 5.56 Å². The van der Waals surface area contributed by atoms with Gasteiger partial charge < -0.3 is 0 Å². The first-order valence-corrected chi connectivity index (χ1v) is 6.85. The van der Waals surface area contributed by atoms with Gasteiger partial charge in [-0.3, -0.25) is 9.59 Å². The maximum atomic E-state index is 12.2. The molecule has 0 unspecified atom stereocenters.